The van der Waals surface area contributed by atoms with Gasteiger partial charge in [-0.15, -0.1) is 6.58 Å². The Labute approximate surface area is 98.4 Å². The van der Waals surface area contributed by atoms with Crippen molar-refractivity contribution < 1.29 is 9.53 Å². The van der Waals surface area contributed by atoms with Crippen LogP contribution in [0.15, 0.2) is 12.7 Å². The van der Waals surface area contributed by atoms with Gasteiger partial charge < -0.3 is 15.4 Å². The number of methoxy groups -OCH3 is 1. The number of rotatable bonds is 9. The zero-order valence-corrected chi connectivity index (χ0v) is 10.4. The van der Waals surface area contributed by atoms with Crippen molar-refractivity contribution in [1.29, 1.82) is 0 Å². The van der Waals surface area contributed by atoms with Crippen LogP contribution >= 0.6 is 0 Å². The summed E-state index contributed by atoms with van der Waals surface area (Å²) in [6, 6.07) is -0.415. The van der Waals surface area contributed by atoms with Gasteiger partial charge in [0.2, 0.25) is 5.91 Å². The predicted molar refractivity (Wildman–Crippen MR) is 66.2 cm³/mol. The maximum absolute atomic E-state index is 11.9. The van der Waals surface area contributed by atoms with Crippen LogP contribution < -0.4 is 5.73 Å². The molecule has 2 N–H and O–H groups in total. The summed E-state index contributed by atoms with van der Waals surface area (Å²) in [7, 11) is 1.65. The van der Waals surface area contributed by atoms with E-state index in [0.717, 1.165) is 19.4 Å². The Balaban J connectivity index is 4.08. The molecule has 0 aromatic rings. The zero-order chi connectivity index (χ0) is 12.4. The van der Waals surface area contributed by atoms with Crippen LogP contribution in [0.1, 0.15) is 26.2 Å². The van der Waals surface area contributed by atoms with E-state index in [4.69, 9.17) is 10.5 Å². The first-order valence-corrected chi connectivity index (χ1v) is 5.81. The molecule has 0 heterocycles. The fraction of sp³-hybridized carbons (Fsp3) is 0.750. The van der Waals surface area contributed by atoms with E-state index in [0.29, 0.717) is 19.6 Å². The quantitative estimate of drug-likeness (QED) is 0.476. The summed E-state index contributed by atoms with van der Waals surface area (Å²) in [6.07, 6.45) is 4.15. The molecule has 0 bridgehead atoms. The SMILES string of the molecule is C=CCN(CCC)C(=O)C(N)CCCOC. The van der Waals surface area contributed by atoms with E-state index in [1.54, 1.807) is 18.1 Å². The Morgan fingerprint density at radius 3 is 2.81 bits per heavy atom. The number of carbonyl (C=O) groups is 1. The Morgan fingerprint density at radius 1 is 1.62 bits per heavy atom. The van der Waals surface area contributed by atoms with Crippen molar-refractivity contribution in [2.75, 3.05) is 26.8 Å². The highest BCUT2D eigenvalue weighted by molar-refractivity contribution is 5.81. The molecule has 4 nitrogen and oxygen atoms in total. The number of amides is 1. The van der Waals surface area contributed by atoms with Gasteiger partial charge in [0.15, 0.2) is 0 Å². The number of nitrogens with two attached hydrogens (primary N) is 1. The highest BCUT2D eigenvalue weighted by atomic mass is 16.5. The lowest BCUT2D eigenvalue weighted by atomic mass is 10.1. The molecule has 0 aromatic heterocycles. The topological polar surface area (TPSA) is 55.6 Å². The minimum atomic E-state index is -0.415. The summed E-state index contributed by atoms with van der Waals surface area (Å²) in [5.74, 6) is 0.0119. The van der Waals surface area contributed by atoms with E-state index in [-0.39, 0.29) is 5.91 Å². The minimum absolute atomic E-state index is 0.0119. The molecule has 1 unspecified atom stereocenters. The smallest absolute Gasteiger partial charge is 0.239 e. The second-order valence-corrected chi connectivity index (χ2v) is 3.81. The largest absolute Gasteiger partial charge is 0.385 e. The molecule has 0 aromatic carbocycles. The molecule has 1 atom stereocenters. The molecule has 0 aliphatic carbocycles. The maximum atomic E-state index is 11.9. The van der Waals surface area contributed by atoms with E-state index in [9.17, 15) is 4.79 Å². The van der Waals surface area contributed by atoms with E-state index < -0.39 is 6.04 Å². The highest BCUT2D eigenvalue weighted by Gasteiger charge is 2.18. The molecule has 94 valence electrons. The third-order valence-corrected chi connectivity index (χ3v) is 2.34. The Kier molecular flexibility index (Phi) is 8.85. The highest BCUT2D eigenvalue weighted by Crippen LogP contribution is 2.02. The molecular formula is C12H24N2O2. The normalized spacial score (nSPS) is 12.2. The fourth-order valence-electron chi connectivity index (χ4n) is 1.52. The van der Waals surface area contributed by atoms with Crippen molar-refractivity contribution in [1.82, 2.24) is 4.90 Å². The standard InChI is InChI=1S/C12H24N2O2/c1-4-8-14(9-5-2)12(15)11(13)7-6-10-16-3/h4,11H,1,5-10,13H2,2-3H3. The molecule has 0 rings (SSSR count). The molecule has 0 aliphatic heterocycles. The zero-order valence-electron chi connectivity index (χ0n) is 10.4. The van der Waals surface area contributed by atoms with Crippen LogP contribution in [0, 0.1) is 0 Å². The lowest BCUT2D eigenvalue weighted by molar-refractivity contribution is -0.132. The van der Waals surface area contributed by atoms with Crippen LogP contribution in [0.5, 0.6) is 0 Å². The first kappa shape index (κ1) is 15.1. The second-order valence-electron chi connectivity index (χ2n) is 3.81. The second kappa shape index (κ2) is 9.36. The van der Waals surface area contributed by atoms with Crippen molar-refractivity contribution in [2.45, 2.75) is 32.2 Å². The van der Waals surface area contributed by atoms with Crippen molar-refractivity contribution in [3.8, 4) is 0 Å². The molecule has 0 spiro atoms. The van der Waals surface area contributed by atoms with Crippen LogP contribution in [-0.2, 0) is 9.53 Å². The number of nitrogens with zero attached hydrogens (tertiary/aromatic N) is 1. The number of ether oxygens (including phenoxy) is 1. The van der Waals surface area contributed by atoms with Gasteiger partial charge in [-0.2, -0.15) is 0 Å². The van der Waals surface area contributed by atoms with E-state index >= 15 is 0 Å². The van der Waals surface area contributed by atoms with Crippen molar-refractivity contribution in [3.63, 3.8) is 0 Å². The van der Waals surface area contributed by atoms with E-state index in [1.807, 2.05) is 6.92 Å². The summed E-state index contributed by atoms with van der Waals surface area (Å²) in [4.78, 5) is 13.7. The predicted octanol–water partition coefficient (Wildman–Crippen LogP) is 1.16. The van der Waals surface area contributed by atoms with Gasteiger partial charge >= 0.3 is 0 Å². The lowest BCUT2D eigenvalue weighted by Gasteiger charge is -2.24. The molecule has 16 heavy (non-hydrogen) atoms. The van der Waals surface area contributed by atoms with Gasteiger partial charge in [0.05, 0.1) is 6.04 Å². The van der Waals surface area contributed by atoms with Gasteiger partial charge in [-0.1, -0.05) is 13.0 Å². The van der Waals surface area contributed by atoms with Gasteiger partial charge in [0, 0.05) is 26.8 Å². The number of hydrogen-bond acceptors (Lipinski definition) is 3. The van der Waals surface area contributed by atoms with Gasteiger partial charge in [-0.05, 0) is 19.3 Å². The third kappa shape index (κ3) is 5.88. The fourth-order valence-corrected chi connectivity index (χ4v) is 1.52. The van der Waals surface area contributed by atoms with Crippen LogP contribution in [0.3, 0.4) is 0 Å². The Bertz CT molecular complexity index is 207. The first-order valence-electron chi connectivity index (χ1n) is 5.81. The van der Waals surface area contributed by atoms with E-state index in [2.05, 4.69) is 6.58 Å². The Morgan fingerprint density at radius 2 is 2.31 bits per heavy atom. The number of carbonyl (C=O) groups excluding carboxylic acids is 1. The first-order chi connectivity index (χ1) is 7.67. The molecule has 4 heteroatoms. The summed E-state index contributed by atoms with van der Waals surface area (Å²) in [6.45, 7) is 7.65. The lowest BCUT2D eigenvalue weighted by Crippen LogP contribution is -2.44. The molecule has 0 saturated carbocycles. The molecule has 1 amide bonds. The van der Waals surface area contributed by atoms with Gasteiger partial charge in [-0.25, -0.2) is 0 Å². The van der Waals surface area contributed by atoms with Crippen molar-refractivity contribution in [3.05, 3.63) is 12.7 Å². The molecule has 0 saturated heterocycles. The van der Waals surface area contributed by atoms with Gasteiger partial charge in [0.25, 0.3) is 0 Å². The summed E-state index contributed by atoms with van der Waals surface area (Å²) in [5.41, 5.74) is 5.84. The van der Waals surface area contributed by atoms with Crippen molar-refractivity contribution >= 4 is 5.91 Å². The average Bonchev–Trinajstić information content (AvgIpc) is 2.28. The molecular weight excluding hydrogens is 204 g/mol. The van der Waals surface area contributed by atoms with E-state index in [1.165, 1.54) is 0 Å². The Hall–Kier alpha value is -0.870. The maximum Gasteiger partial charge on any atom is 0.239 e. The average molecular weight is 228 g/mol. The molecule has 0 aliphatic rings. The summed E-state index contributed by atoms with van der Waals surface area (Å²) >= 11 is 0. The molecule has 0 fully saturated rings. The van der Waals surface area contributed by atoms with Crippen LogP contribution in [0.4, 0.5) is 0 Å². The third-order valence-electron chi connectivity index (χ3n) is 2.34. The number of hydrogen-bond donors (Lipinski definition) is 1. The summed E-state index contributed by atoms with van der Waals surface area (Å²) < 4.78 is 4.93. The minimum Gasteiger partial charge on any atom is -0.385 e. The van der Waals surface area contributed by atoms with Crippen LogP contribution in [0.2, 0.25) is 0 Å². The van der Waals surface area contributed by atoms with Gasteiger partial charge in [0.1, 0.15) is 0 Å². The van der Waals surface area contributed by atoms with Crippen LogP contribution in [-0.4, -0.2) is 43.7 Å². The molecule has 0 radical (unpaired) electrons. The van der Waals surface area contributed by atoms with Crippen molar-refractivity contribution in [2.24, 2.45) is 5.73 Å². The van der Waals surface area contributed by atoms with Gasteiger partial charge in [-0.3, -0.25) is 4.79 Å². The van der Waals surface area contributed by atoms with Crippen LogP contribution in [0.25, 0.3) is 0 Å². The summed E-state index contributed by atoms with van der Waals surface area (Å²) in [5, 5.41) is 0. The monoisotopic (exact) mass is 228 g/mol.